The van der Waals surface area contributed by atoms with E-state index in [4.69, 9.17) is 17.0 Å². The number of aliphatic hydroxyl groups excluding tert-OH is 1. The first-order valence-corrected chi connectivity index (χ1v) is 10.5. The molecular weight excluding hydrogens is 416 g/mol. The number of halogens is 1. The van der Waals surface area contributed by atoms with Gasteiger partial charge in [-0.25, -0.2) is 0 Å². The number of fused-ring (bicyclic) bond motifs is 1. The van der Waals surface area contributed by atoms with Gasteiger partial charge in [0.1, 0.15) is 17.6 Å². The van der Waals surface area contributed by atoms with Gasteiger partial charge in [-0.05, 0) is 36.2 Å². The molecule has 0 spiro atoms. The molecule has 1 aromatic heterocycles. The molecule has 160 valence electrons. The fourth-order valence-corrected chi connectivity index (χ4v) is 3.97. The van der Waals surface area contributed by atoms with Crippen LogP contribution in [0.5, 0.6) is 0 Å². The molecule has 2 atom stereocenters. The predicted octanol–water partition coefficient (Wildman–Crippen LogP) is 3.12. The molecule has 1 unspecified atom stereocenters. The van der Waals surface area contributed by atoms with E-state index in [1.54, 1.807) is 24.3 Å². The molecule has 0 aliphatic carbocycles. The van der Waals surface area contributed by atoms with Crippen molar-refractivity contribution < 1.29 is 14.7 Å². The summed E-state index contributed by atoms with van der Waals surface area (Å²) in [6, 6.07) is 15.6. The second-order valence-corrected chi connectivity index (χ2v) is 8.15. The SMILES string of the molecule is N=C1CC(O)CCN1C(=O)[C@H](Cc1ccccc1)NC(=O)c1cc2cc(Cl)ccc2[nH]1. The van der Waals surface area contributed by atoms with E-state index >= 15 is 0 Å². The minimum atomic E-state index is -0.847. The van der Waals surface area contributed by atoms with Crippen LogP contribution in [0.25, 0.3) is 10.9 Å². The van der Waals surface area contributed by atoms with Crippen molar-refractivity contribution in [3.63, 3.8) is 0 Å². The summed E-state index contributed by atoms with van der Waals surface area (Å²) in [6.45, 7) is 0.255. The number of nitrogens with zero attached hydrogens (tertiary/aromatic N) is 1. The largest absolute Gasteiger partial charge is 0.393 e. The van der Waals surface area contributed by atoms with E-state index in [1.165, 1.54) is 4.90 Å². The van der Waals surface area contributed by atoms with Crippen molar-refractivity contribution in [2.75, 3.05) is 6.54 Å². The number of hydrogen-bond donors (Lipinski definition) is 4. The van der Waals surface area contributed by atoms with E-state index in [9.17, 15) is 14.7 Å². The second kappa shape index (κ2) is 8.91. The molecule has 3 aromatic rings. The van der Waals surface area contributed by atoms with E-state index in [1.807, 2.05) is 30.3 Å². The van der Waals surface area contributed by atoms with Crippen LogP contribution in [-0.2, 0) is 11.2 Å². The Morgan fingerprint density at radius 3 is 2.74 bits per heavy atom. The van der Waals surface area contributed by atoms with E-state index in [2.05, 4.69) is 10.3 Å². The van der Waals surface area contributed by atoms with Crippen molar-refractivity contribution in [1.29, 1.82) is 5.41 Å². The summed E-state index contributed by atoms with van der Waals surface area (Å²) in [7, 11) is 0. The van der Waals surface area contributed by atoms with Gasteiger partial charge in [0.05, 0.1) is 6.10 Å². The smallest absolute Gasteiger partial charge is 0.268 e. The topological polar surface area (TPSA) is 109 Å². The number of aliphatic hydroxyl groups is 1. The molecule has 1 aliphatic heterocycles. The van der Waals surface area contributed by atoms with Crippen molar-refractivity contribution in [2.45, 2.75) is 31.4 Å². The Kier molecular flexibility index (Phi) is 6.06. The quantitative estimate of drug-likeness (QED) is 0.491. The Hall–Kier alpha value is -3.16. The van der Waals surface area contributed by atoms with Crippen LogP contribution >= 0.6 is 11.6 Å². The number of amides is 2. The molecule has 7 nitrogen and oxygen atoms in total. The molecular formula is C23H23ClN4O3. The maximum Gasteiger partial charge on any atom is 0.268 e. The number of hydrogen-bond acceptors (Lipinski definition) is 4. The number of aromatic nitrogens is 1. The normalized spacial score (nSPS) is 17.5. The van der Waals surface area contributed by atoms with Gasteiger partial charge in [0.25, 0.3) is 11.8 Å². The van der Waals surface area contributed by atoms with Crippen molar-refractivity contribution >= 4 is 40.2 Å². The number of likely N-dealkylation sites (tertiary alicyclic amines) is 1. The zero-order valence-electron chi connectivity index (χ0n) is 16.8. The predicted molar refractivity (Wildman–Crippen MR) is 119 cm³/mol. The van der Waals surface area contributed by atoms with Crippen molar-refractivity contribution in [1.82, 2.24) is 15.2 Å². The maximum atomic E-state index is 13.3. The van der Waals surface area contributed by atoms with Gasteiger partial charge in [0.15, 0.2) is 0 Å². The first kappa shape index (κ1) is 21.1. The van der Waals surface area contributed by atoms with Crippen LogP contribution in [0.1, 0.15) is 28.9 Å². The lowest BCUT2D eigenvalue weighted by Crippen LogP contribution is -2.54. The van der Waals surface area contributed by atoms with Crippen LogP contribution in [-0.4, -0.2) is 51.3 Å². The molecule has 1 aliphatic rings. The Labute approximate surface area is 184 Å². The van der Waals surface area contributed by atoms with Crippen LogP contribution < -0.4 is 5.32 Å². The molecule has 4 rings (SSSR count). The van der Waals surface area contributed by atoms with Gasteiger partial charge < -0.3 is 15.4 Å². The van der Waals surface area contributed by atoms with E-state index < -0.39 is 18.1 Å². The number of carbonyl (C=O) groups is 2. The Bertz CT molecular complexity index is 1130. The van der Waals surface area contributed by atoms with Gasteiger partial charge in [0, 0.05) is 35.3 Å². The minimum Gasteiger partial charge on any atom is -0.393 e. The molecule has 8 heteroatoms. The Morgan fingerprint density at radius 1 is 1.23 bits per heavy atom. The van der Waals surface area contributed by atoms with Crippen LogP contribution in [0, 0.1) is 5.41 Å². The van der Waals surface area contributed by atoms with Crippen LogP contribution in [0.15, 0.2) is 54.6 Å². The number of nitrogens with one attached hydrogen (secondary N) is 3. The summed E-state index contributed by atoms with van der Waals surface area (Å²) in [5.41, 5.74) is 1.99. The summed E-state index contributed by atoms with van der Waals surface area (Å²) < 4.78 is 0. The van der Waals surface area contributed by atoms with Crippen molar-refractivity contribution in [2.24, 2.45) is 0 Å². The first-order valence-electron chi connectivity index (χ1n) is 10.1. The minimum absolute atomic E-state index is 0.0660. The number of amidine groups is 1. The van der Waals surface area contributed by atoms with Gasteiger partial charge >= 0.3 is 0 Å². The van der Waals surface area contributed by atoms with Gasteiger partial charge in [-0.15, -0.1) is 0 Å². The summed E-state index contributed by atoms with van der Waals surface area (Å²) in [5.74, 6) is -0.699. The number of benzene rings is 2. The molecule has 31 heavy (non-hydrogen) atoms. The fraction of sp³-hybridized carbons (Fsp3) is 0.261. The molecule has 2 amide bonds. The Balaban J connectivity index is 1.57. The lowest BCUT2D eigenvalue weighted by molar-refractivity contribution is -0.130. The van der Waals surface area contributed by atoms with E-state index in [0.717, 1.165) is 16.5 Å². The van der Waals surface area contributed by atoms with Crippen LogP contribution in [0.4, 0.5) is 0 Å². The highest BCUT2D eigenvalue weighted by atomic mass is 35.5. The summed E-state index contributed by atoms with van der Waals surface area (Å²) in [6.07, 6.45) is 0.213. The highest BCUT2D eigenvalue weighted by molar-refractivity contribution is 6.31. The standard InChI is InChI=1S/C23H23ClN4O3/c24-16-6-7-18-15(11-16)12-19(26-18)22(30)27-20(10-14-4-2-1-3-5-14)23(31)28-9-8-17(29)13-21(28)25/h1-7,11-12,17,20,25-26,29H,8-10,13H2,(H,27,30)/t17?,20-/m0/s1. The fourth-order valence-electron chi connectivity index (χ4n) is 3.79. The van der Waals surface area contributed by atoms with Gasteiger partial charge in [0.2, 0.25) is 0 Å². The molecule has 2 heterocycles. The third-order valence-electron chi connectivity index (χ3n) is 5.42. The molecule has 4 N–H and O–H groups in total. The van der Waals surface area contributed by atoms with Gasteiger partial charge in [-0.3, -0.25) is 19.9 Å². The van der Waals surface area contributed by atoms with Crippen LogP contribution in [0.3, 0.4) is 0 Å². The number of carbonyl (C=O) groups excluding carboxylic acids is 2. The second-order valence-electron chi connectivity index (χ2n) is 7.71. The van der Waals surface area contributed by atoms with E-state index in [-0.39, 0.29) is 24.7 Å². The average molecular weight is 439 g/mol. The first-order chi connectivity index (χ1) is 14.9. The number of H-pyrrole nitrogens is 1. The third-order valence-corrected chi connectivity index (χ3v) is 5.66. The van der Waals surface area contributed by atoms with Crippen molar-refractivity contribution in [3.8, 4) is 0 Å². The lowest BCUT2D eigenvalue weighted by atomic mass is 10.0. The molecule has 0 bridgehead atoms. The average Bonchev–Trinajstić information content (AvgIpc) is 3.17. The van der Waals surface area contributed by atoms with Gasteiger partial charge in [-0.1, -0.05) is 41.9 Å². The van der Waals surface area contributed by atoms with Crippen molar-refractivity contribution in [3.05, 3.63) is 70.9 Å². The highest BCUT2D eigenvalue weighted by Crippen LogP contribution is 2.21. The zero-order chi connectivity index (χ0) is 22.0. The summed E-state index contributed by atoms with van der Waals surface area (Å²) >= 11 is 6.03. The highest BCUT2D eigenvalue weighted by Gasteiger charge is 2.32. The van der Waals surface area contributed by atoms with E-state index in [0.29, 0.717) is 23.6 Å². The lowest BCUT2D eigenvalue weighted by Gasteiger charge is -2.33. The van der Waals surface area contributed by atoms with Gasteiger partial charge in [-0.2, -0.15) is 0 Å². The zero-order valence-corrected chi connectivity index (χ0v) is 17.5. The molecule has 0 radical (unpaired) electrons. The summed E-state index contributed by atoms with van der Waals surface area (Å²) in [4.78, 5) is 30.7. The molecule has 1 saturated heterocycles. The maximum absolute atomic E-state index is 13.3. The number of rotatable bonds is 5. The monoisotopic (exact) mass is 438 g/mol. The molecule has 1 fully saturated rings. The number of aromatic amines is 1. The molecule has 2 aromatic carbocycles. The van der Waals surface area contributed by atoms with Crippen LogP contribution in [0.2, 0.25) is 5.02 Å². The third kappa shape index (κ3) is 4.78. The summed E-state index contributed by atoms with van der Waals surface area (Å²) in [5, 5.41) is 22.1. The molecule has 0 saturated carbocycles. The number of piperidine rings is 1. The Morgan fingerprint density at radius 2 is 2.00 bits per heavy atom.